The first-order valence-corrected chi connectivity index (χ1v) is 5.57. The third-order valence-electron chi connectivity index (χ3n) is 2.37. The highest BCUT2D eigenvalue weighted by atomic mass is 19.3. The van der Waals surface area contributed by atoms with E-state index >= 15 is 0 Å². The van der Waals surface area contributed by atoms with Gasteiger partial charge in [0.1, 0.15) is 0 Å². The van der Waals surface area contributed by atoms with Crippen molar-refractivity contribution in [2.24, 2.45) is 5.92 Å². The van der Waals surface area contributed by atoms with Gasteiger partial charge in [0.05, 0.1) is 6.54 Å². The highest BCUT2D eigenvalue weighted by molar-refractivity contribution is 5.25. The molecule has 16 heavy (non-hydrogen) atoms. The molecule has 1 aromatic carbocycles. The van der Waals surface area contributed by atoms with Crippen molar-refractivity contribution in [3.05, 3.63) is 35.4 Å². The number of halogens is 2. The molecule has 90 valence electrons. The summed E-state index contributed by atoms with van der Waals surface area (Å²) >= 11 is 0. The zero-order valence-electron chi connectivity index (χ0n) is 10.1. The minimum absolute atomic E-state index is 0.0781. The number of alkyl halides is 2. The van der Waals surface area contributed by atoms with Crippen molar-refractivity contribution in [1.29, 1.82) is 0 Å². The van der Waals surface area contributed by atoms with Crippen LogP contribution in [-0.2, 0) is 5.92 Å². The van der Waals surface area contributed by atoms with Crippen LogP contribution in [-0.4, -0.2) is 13.1 Å². The molecular weight excluding hydrogens is 208 g/mol. The molecule has 0 aliphatic carbocycles. The summed E-state index contributed by atoms with van der Waals surface area (Å²) in [6.45, 7) is 6.20. The van der Waals surface area contributed by atoms with E-state index < -0.39 is 5.92 Å². The third kappa shape index (κ3) is 3.89. The smallest absolute Gasteiger partial charge is 0.285 e. The average Bonchev–Trinajstić information content (AvgIpc) is 2.17. The predicted molar refractivity (Wildman–Crippen MR) is 62.8 cm³/mol. The highest BCUT2D eigenvalue weighted by Crippen LogP contribution is 2.27. The predicted octanol–water partition coefficient (Wildman–Crippen LogP) is 3.33. The number of aryl methyl sites for hydroxylation is 1. The molecule has 0 saturated carbocycles. The van der Waals surface area contributed by atoms with Crippen molar-refractivity contribution in [2.75, 3.05) is 13.1 Å². The Bertz CT molecular complexity index is 317. The minimum atomic E-state index is -2.79. The molecule has 0 spiro atoms. The Balaban J connectivity index is 2.59. The van der Waals surface area contributed by atoms with Crippen molar-refractivity contribution in [3.8, 4) is 0 Å². The van der Waals surface area contributed by atoms with Gasteiger partial charge in [-0.15, -0.1) is 0 Å². The molecule has 1 nitrogen and oxygen atoms in total. The Kier molecular flexibility index (Phi) is 4.42. The first kappa shape index (κ1) is 13.1. The van der Waals surface area contributed by atoms with E-state index in [1.165, 1.54) is 12.1 Å². The first-order valence-electron chi connectivity index (χ1n) is 5.57. The van der Waals surface area contributed by atoms with Crippen LogP contribution in [0.3, 0.4) is 0 Å². The zero-order valence-corrected chi connectivity index (χ0v) is 10.1. The maximum Gasteiger partial charge on any atom is 0.285 e. The van der Waals surface area contributed by atoms with E-state index in [0.717, 1.165) is 5.56 Å². The maximum absolute atomic E-state index is 13.7. The molecule has 0 unspecified atom stereocenters. The minimum Gasteiger partial charge on any atom is -0.311 e. The third-order valence-corrected chi connectivity index (χ3v) is 2.37. The van der Waals surface area contributed by atoms with Gasteiger partial charge in [0, 0.05) is 5.56 Å². The second-order valence-electron chi connectivity index (χ2n) is 4.60. The van der Waals surface area contributed by atoms with Gasteiger partial charge >= 0.3 is 0 Å². The van der Waals surface area contributed by atoms with Crippen LogP contribution in [0.1, 0.15) is 25.0 Å². The standard InChI is InChI=1S/C13H19F2N/c1-10(2)8-16-9-13(14,15)12-6-4-11(3)5-7-12/h4-7,10,16H,8-9H2,1-3H3. The molecule has 0 atom stereocenters. The maximum atomic E-state index is 13.7. The van der Waals surface area contributed by atoms with Gasteiger partial charge in [-0.1, -0.05) is 43.7 Å². The highest BCUT2D eigenvalue weighted by Gasteiger charge is 2.30. The topological polar surface area (TPSA) is 12.0 Å². The second kappa shape index (κ2) is 5.39. The first-order chi connectivity index (χ1) is 7.42. The molecule has 1 rings (SSSR count). The summed E-state index contributed by atoms with van der Waals surface area (Å²) in [5.41, 5.74) is 1.07. The van der Waals surface area contributed by atoms with Crippen LogP contribution < -0.4 is 5.32 Å². The molecule has 0 aliphatic heterocycles. The Morgan fingerprint density at radius 2 is 1.75 bits per heavy atom. The molecule has 0 amide bonds. The van der Waals surface area contributed by atoms with Gasteiger partial charge in [-0.05, 0) is 19.4 Å². The molecule has 1 N–H and O–H groups in total. The fraction of sp³-hybridized carbons (Fsp3) is 0.538. The lowest BCUT2D eigenvalue weighted by Gasteiger charge is -2.18. The van der Waals surface area contributed by atoms with Crippen molar-refractivity contribution in [2.45, 2.75) is 26.7 Å². The number of nitrogens with one attached hydrogen (secondary N) is 1. The summed E-state index contributed by atoms with van der Waals surface area (Å²) < 4.78 is 27.4. The van der Waals surface area contributed by atoms with Crippen molar-refractivity contribution in [1.82, 2.24) is 5.32 Å². The number of rotatable bonds is 5. The Morgan fingerprint density at radius 1 is 1.19 bits per heavy atom. The summed E-state index contributed by atoms with van der Waals surface area (Å²) in [5.74, 6) is -2.41. The summed E-state index contributed by atoms with van der Waals surface area (Å²) in [6, 6.07) is 6.41. The second-order valence-corrected chi connectivity index (χ2v) is 4.60. The lowest BCUT2D eigenvalue weighted by atomic mass is 10.1. The summed E-state index contributed by atoms with van der Waals surface area (Å²) in [6.07, 6.45) is 0. The van der Waals surface area contributed by atoms with Gasteiger partial charge in [-0.3, -0.25) is 0 Å². The molecule has 0 aromatic heterocycles. The average molecular weight is 227 g/mol. The van der Waals surface area contributed by atoms with Crippen LogP contribution in [0.15, 0.2) is 24.3 Å². The lowest BCUT2D eigenvalue weighted by molar-refractivity contribution is -0.00353. The molecule has 0 heterocycles. The monoisotopic (exact) mass is 227 g/mol. The van der Waals surface area contributed by atoms with Gasteiger partial charge < -0.3 is 5.32 Å². The molecule has 0 saturated heterocycles. The van der Waals surface area contributed by atoms with Crippen molar-refractivity contribution >= 4 is 0 Å². The molecule has 0 fully saturated rings. The molecule has 1 aromatic rings. The van der Waals surface area contributed by atoms with E-state index in [0.29, 0.717) is 12.5 Å². The van der Waals surface area contributed by atoms with Crippen LogP contribution in [0.5, 0.6) is 0 Å². The molecule has 0 radical (unpaired) electrons. The number of benzene rings is 1. The Labute approximate surface area is 95.9 Å². The van der Waals surface area contributed by atoms with Crippen LogP contribution in [0.25, 0.3) is 0 Å². The van der Waals surface area contributed by atoms with Gasteiger partial charge in [0.25, 0.3) is 5.92 Å². The summed E-state index contributed by atoms with van der Waals surface area (Å²) in [5, 5.41) is 2.79. The fourth-order valence-corrected chi connectivity index (χ4v) is 1.42. The zero-order chi connectivity index (χ0) is 12.2. The Morgan fingerprint density at radius 3 is 2.25 bits per heavy atom. The van der Waals surface area contributed by atoms with E-state index in [2.05, 4.69) is 5.32 Å². The summed E-state index contributed by atoms with van der Waals surface area (Å²) in [4.78, 5) is 0. The van der Waals surface area contributed by atoms with E-state index in [4.69, 9.17) is 0 Å². The molecule has 0 bridgehead atoms. The van der Waals surface area contributed by atoms with Crippen LogP contribution in [0.4, 0.5) is 8.78 Å². The van der Waals surface area contributed by atoms with Crippen LogP contribution >= 0.6 is 0 Å². The van der Waals surface area contributed by atoms with E-state index in [1.807, 2.05) is 20.8 Å². The van der Waals surface area contributed by atoms with Crippen LogP contribution in [0.2, 0.25) is 0 Å². The molecule has 0 aliphatic rings. The fourth-order valence-electron chi connectivity index (χ4n) is 1.42. The van der Waals surface area contributed by atoms with Gasteiger partial charge in [0.2, 0.25) is 0 Å². The van der Waals surface area contributed by atoms with Gasteiger partial charge in [-0.2, -0.15) is 8.78 Å². The lowest BCUT2D eigenvalue weighted by Crippen LogP contribution is -2.32. The number of hydrogen-bond donors (Lipinski definition) is 1. The van der Waals surface area contributed by atoms with Gasteiger partial charge in [-0.25, -0.2) is 0 Å². The largest absolute Gasteiger partial charge is 0.311 e. The van der Waals surface area contributed by atoms with E-state index in [9.17, 15) is 8.78 Å². The normalized spacial score (nSPS) is 12.1. The molecular formula is C13H19F2N. The molecule has 3 heteroatoms. The number of hydrogen-bond acceptors (Lipinski definition) is 1. The van der Waals surface area contributed by atoms with Crippen molar-refractivity contribution in [3.63, 3.8) is 0 Å². The van der Waals surface area contributed by atoms with E-state index in [1.54, 1.807) is 12.1 Å². The SMILES string of the molecule is Cc1ccc(C(F)(F)CNCC(C)C)cc1. The van der Waals surface area contributed by atoms with Gasteiger partial charge in [0.15, 0.2) is 0 Å². The Hall–Kier alpha value is -0.960. The quantitative estimate of drug-likeness (QED) is 0.813. The van der Waals surface area contributed by atoms with Crippen molar-refractivity contribution < 1.29 is 8.78 Å². The van der Waals surface area contributed by atoms with Crippen LogP contribution in [0, 0.1) is 12.8 Å². The van der Waals surface area contributed by atoms with E-state index in [-0.39, 0.29) is 12.1 Å². The summed E-state index contributed by atoms with van der Waals surface area (Å²) in [7, 11) is 0.